The molecule has 2 aromatic rings. The monoisotopic (exact) mass is 262 g/mol. The van der Waals surface area contributed by atoms with E-state index in [1.807, 2.05) is 7.05 Å². The van der Waals surface area contributed by atoms with Gasteiger partial charge >= 0.3 is 5.97 Å². The molecule has 0 bridgehead atoms. The summed E-state index contributed by atoms with van der Waals surface area (Å²) >= 11 is 0. The van der Waals surface area contributed by atoms with Crippen molar-refractivity contribution in [3.05, 3.63) is 41.5 Å². The van der Waals surface area contributed by atoms with Crippen LogP contribution in [0.4, 0.5) is 4.39 Å². The van der Waals surface area contributed by atoms with Crippen LogP contribution in [0.2, 0.25) is 0 Å². The third-order valence-electron chi connectivity index (χ3n) is 2.95. The minimum atomic E-state index is -0.441. The highest BCUT2D eigenvalue weighted by molar-refractivity contribution is 5.89. The standard InChI is InChI=1S/C14H15FN2O2/c1-4-19-14(18)12-9(2)17(3)13(16-12)10-5-7-11(15)8-6-10/h5-8H,4H2,1-3H3. The summed E-state index contributed by atoms with van der Waals surface area (Å²) < 4.78 is 19.7. The highest BCUT2D eigenvalue weighted by atomic mass is 19.1. The molecular formula is C14H15FN2O2. The lowest BCUT2D eigenvalue weighted by Gasteiger charge is -2.02. The van der Waals surface area contributed by atoms with Crippen LogP contribution in [0, 0.1) is 12.7 Å². The van der Waals surface area contributed by atoms with Crippen LogP contribution < -0.4 is 0 Å². The number of halogens is 1. The zero-order valence-electron chi connectivity index (χ0n) is 11.1. The summed E-state index contributed by atoms with van der Waals surface area (Å²) in [6.45, 7) is 3.85. The van der Waals surface area contributed by atoms with Crippen molar-refractivity contribution < 1.29 is 13.9 Å². The Balaban J connectivity index is 2.45. The van der Waals surface area contributed by atoms with Crippen molar-refractivity contribution in [2.45, 2.75) is 13.8 Å². The summed E-state index contributed by atoms with van der Waals surface area (Å²) in [6.07, 6.45) is 0. The van der Waals surface area contributed by atoms with Crippen LogP contribution >= 0.6 is 0 Å². The highest BCUT2D eigenvalue weighted by Crippen LogP contribution is 2.21. The molecule has 0 aliphatic carbocycles. The summed E-state index contributed by atoms with van der Waals surface area (Å²) in [4.78, 5) is 16.1. The average molecular weight is 262 g/mol. The van der Waals surface area contributed by atoms with Crippen LogP contribution in [0.3, 0.4) is 0 Å². The van der Waals surface area contributed by atoms with Crippen LogP contribution in [-0.2, 0) is 11.8 Å². The van der Waals surface area contributed by atoms with E-state index < -0.39 is 5.97 Å². The second-order valence-corrected chi connectivity index (χ2v) is 4.16. The van der Waals surface area contributed by atoms with Crippen molar-refractivity contribution in [3.8, 4) is 11.4 Å². The van der Waals surface area contributed by atoms with Gasteiger partial charge in [0.2, 0.25) is 0 Å². The molecule has 0 saturated heterocycles. The van der Waals surface area contributed by atoms with Gasteiger partial charge in [-0.2, -0.15) is 0 Å². The lowest BCUT2D eigenvalue weighted by atomic mass is 10.2. The summed E-state index contributed by atoms with van der Waals surface area (Å²) in [5.41, 5.74) is 1.77. The second kappa shape index (κ2) is 5.22. The van der Waals surface area contributed by atoms with Crippen molar-refractivity contribution in [2.24, 2.45) is 7.05 Å². The van der Waals surface area contributed by atoms with Gasteiger partial charge in [0.25, 0.3) is 0 Å². The molecule has 0 aliphatic heterocycles. The number of carbonyl (C=O) groups is 1. The summed E-state index contributed by atoms with van der Waals surface area (Å²) in [5.74, 6) is -0.134. The minimum Gasteiger partial charge on any atom is -0.461 e. The molecule has 0 saturated carbocycles. The molecule has 0 atom stereocenters. The number of imidazole rings is 1. The molecule has 2 rings (SSSR count). The summed E-state index contributed by atoms with van der Waals surface area (Å²) in [5, 5.41) is 0. The Hall–Kier alpha value is -2.17. The quantitative estimate of drug-likeness (QED) is 0.799. The van der Waals surface area contributed by atoms with E-state index in [1.165, 1.54) is 12.1 Å². The van der Waals surface area contributed by atoms with Crippen molar-refractivity contribution >= 4 is 5.97 Å². The molecule has 4 nitrogen and oxygen atoms in total. The lowest BCUT2D eigenvalue weighted by Crippen LogP contribution is -2.07. The first-order valence-corrected chi connectivity index (χ1v) is 6.01. The number of rotatable bonds is 3. The normalized spacial score (nSPS) is 10.5. The Morgan fingerprint density at radius 2 is 2.00 bits per heavy atom. The van der Waals surface area contributed by atoms with Gasteiger partial charge in [0.15, 0.2) is 5.69 Å². The fraction of sp³-hybridized carbons (Fsp3) is 0.286. The SMILES string of the molecule is CCOC(=O)c1nc(-c2ccc(F)cc2)n(C)c1C. The zero-order valence-corrected chi connectivity index (χ0v) is 11.1. The van der Waals surface area contributed by atoms with Crippen LogP contribution in [0.15, 0.2) is 24.3 Å². The molecule has 1 heterocycles. The van der Waals surface area contributed by atoms with E-state index in [4.69, 9.17) is 4.74 Å². The highest BCUT2D eigenvalue weighted by Gasteiger charge is 2.19. The molecule has 1 aromatic heterocycles. The van der Waals surface area contributed by atoms with E-state index >= 15 is 0 Å². The Bertz CT molecular complexity index is 603. The fourth-order valence-corrected chi connectivity index (χ4v) is 1.83. The molecule has 0 radical (unpaired) electrons. The number of nitrogens with zero attached hydrogens (tertiary/aromatic N) is 2. The van der Waals surface area contributed by atoms with Crippen LogP contribution in [0.1, 0.15) is 23.1 Å². The second-order valence-electron chi connectivity index (χ2n) is 4.16. The van der Waals surface area contributed by atoms with Crippen LogP contribution in [0.25, 0.3) is 11.4 Å². The molecule has 0 fully saturated rings. The smallest absolute Gasteiger partial charge is 0.358 e. The summed E-state index contributed by atoms with van der Waals surface area (Å²) in [7, 11) is 1.81. The van der Waals surface area contributed by atoms with Gasteiger partial charge in [0, 0.05) is 18.3 Å². The molecule has 1 aromatic carbocycles. The zero-order chi connectivity index (χ0) is 14.0. The maximum Gasteiger partial charge on any atom is 0.358 e. The van der Waals surface area contributed by atoms with E-state index in [0.717, 1.165) is 11.3 Å². The predicted molar refractivity (Wildman–Crippen MR) is 69.3 cm³/mol. The topological polar surface area (TPSA) is 44.1 Å². The van der Waals surface area contributed by atoms with E-state index in [9.17, 15) is 9.18 Å². The van der Waals surface area contributed by atoms with Gasteiger partial charge in [-0.25, -0.2) is 14.2 Å². The Morgan fingerprint density at radius 3 is 2.58 bits per heavy atom. The van der Waals surface area contributed by atoms with Gasteiger partial charge in [-0.3, -0.25) is 0 Å². The molecule has 5 heteroatoms. The van der Waals surface area contributed by atoms with E-state index in [1.54, 1.807) is 30.5 Å². The van der Waals surface area contributed by atoms with Gasteiger partial charge in [-0.05, 0) is 38.1 Å². The van der Waals surface area contributed by atoms with Crippen molar-refractivity contribution in [2.75, 3.05) is 6.61 Å². The van der Waals surface area contributed by atoms with Gasteiger partial charge in [-0.15, -0.1) is 0 Å². The Morgan fingerprint density at radius 1 is 1.37 bits per heavy atom. The maximum absolute atomic E-state index is 12.9. The average Bonchev–Trinajstić information content (AvgIpc) is 2.68. The first-order valence-electron chi connectivity index (χ1n) is 6.01. The van der Waals surface area contributed by atoms with Crippen molar-refractivity contribution in [3.63, 3.8) is 0 Å². The Labute approximate surface area is 110 Å². The largest absolute Gasteiger partial charge is 0.461 e. The molecule has 0 N–H and O–H groups in total. The lowest BCUT2D eigenvalue weighted by molar-refractivity contribution is 0.0519. The molecule has 0 aliphatic rings. The molecular weight excluding hydrogens is 247 g/mol. The minimum absolute atomic E-state index is 0.295. The molecule has 0 spiro atoms. The van der Waals surface area contributed by atoms with E-state index in [0.29, 0.717) is 18.1 Å². The molecule has 19 heavy (non-hydrogen) atoms. The Kier molecular flexibility index (Phi) is 3.64. The van der Waals surface area contributed by atoms with Gasteiger partial charge in [-0.1, -0.05) is 0 Å². The molecule has 0 amide bonds. The number of ether oxygens (including phenoxy) is 1. The third kappa shape index (κ3) is 2.50. The van der Waals surface area contributed by atoms with Gasteiger partial charge in [0.05, 0.1) is 6.61 Å². The van der Waals surface area contributed by atoms with E-state index in [2.05, 4.69) is 4.98 Å². The number of benzene rings is 1. The molecule has 100 valence electrons. The number of esters is 1. The predicted octanol–water partition coefficient (Wildman–Crippen LogP) is 2.71. The van der Waals surface area contributed by atoms with Crippen LogP contribution in [0.5, 0.6) is 0 Å². The number of hydrogen-bond donors (Lipinski definition) is 0. The third-order valence-corrected chi connectivity index (χ3v) is 2.95. The summed E-state index contributed by atoms with van der Waals surface area (Å²) in [6, 6.07) is 5.99. The number of hydrogen-bond acceptors (Lipinski definition) is 3. The van der Waals surface area contributed by atoms with Crippen LogP contribution in [-0.4, -0.2) is 22.1 Å². The molecule has 0 unspecified atom stereocenters. The van der Waals surface area contributed by atoms with Crippen molar-refractivity contribution in [1.82, 2.24) is 9.55 Å². The maximum atomic E-state index is 12.9. The number of carbonyl (C=O) groups excluding carboxylic acids is 1. The first kappa shape index (κ1) is 13.3. The van der Waals surface area contributed by atoms with Gasteiger partial charge < -0.3 is 9.30 Å². The van der Waals surface area contributed by atoms with Gasteiger partial charge in [0.1, 0.15) is 11.6 Å². The number of aromatic nitrogens is 2. The van der Waals surface area contributed by atoms with Crippen molar-refractivity contribution in [1.29, 1.82) is 0 Å². The van der Waals surface area contributed by atoms with E-state index in [-0.39, 0.29) is 5.82 Å². The first-order chi connectivity index (χ1) is 9.04. The fourth-order valence-electron chi connectivity index (χ4n) is 1.83.